The third kappa shape index (κ3) is 4.75. The van der Waals surface area contributed by atoms with Gasteiger partial charge in [-0.05, 0) is 48.0 Å². The van der Waals surface area contributed by atoms with Gasteiger partial charge in [0.15, 0.2) is 5.78 Å². The molecule has 22 heavy (non-hydrogen) atoms. The number of carboxylic acids is 1. The first-order valence-corrected chi connectivity index (χ1v) is 6.85. The van der Waals surface area contributed by atoms with Gasteiger partial charge in [0.1, 0.15) is 12.4 Å². The molecule has 0 atom stereocenters. The van der Waals surface area contributed by atoms with Crippen LogP contribution in [0, 0.1) is 0 Å². The van der Waals surface area contributed by atoms with Gasteiger partial charge in [-0.1, -0.05) is 23.7 Å². The van der Waals surface area contributed by atoms with Gasteiger partial charge in [-0.3, -0.25) is 4.79 Å². The van der Waals surface area contributed by atoms with Gasteiger partial charge >= 0.3 is 5.97 Å². The summed E-state index contributed by atoms with van der Waals surface area (Å²) in [5.41, 5.74) is 1.38. The molecule has 0 aromatic heterocycles. The fourth-order valence-corrected chi connectivity index (χ4v) is 1.83. The highest BCUT2D eigenvalue weighted by Crippen LogP contribution is 2.16. The number of hydrogen-bond donors (Lipinski definition) is 1. The van der Waals surface area contributed by atoms with Crippen molar-refractivity contribution < 1.29 is 19.4 Å². The second-order valence-electron chi connectivity index (χ2n) is 4.48. The Morgan fingerprint density at radius 1 is 1.00 bits per heavy atom. The van der Waals surface area contributed by atoms with Crippen LogP contribution in [0.4, 0.5) is 0 Å². The van der Waals surface area contributed by atoms with Gasteiger partial charge in [0.25, 0.3) is 0 Å². The zero-order valence-electron chi connectivity index (χ0n) is 11.5. The largest absolute Gasteiger partial charge is 0.489 e. The minimum Gasteiger partial charge on any atom is -0.489 e. The van der Waals surface area contributed by atoms with Crippen LogP contribution in [-0.2, 0) is 11.4 Å². The first-order valence-electron chi connectivity index (χ1n) is 6.47. The molecule has 2 aromatic carbocycles. The molecular formula is C17H13ClO4. The van der Waals surface area contributed by atoms with Crippen LogP contribution in [0.15, 0.2) is 60.7 Å². The normalized spacial score (nSPS) is 10.6. The van der Waals surface area contributed by atoms with Crippen LogP contribution in [0.2, 0.25) is 5.02 Å². The SMILES string of the molecule is O=C(O)/C=C/C(=O)c1ccc(OCc2ccc(Cl)cc2)cc1. The van der Waals surface area contributed by atoms with E-state index in [4.69, 9.17) is 21.4 Å². The zero-order valence-corrected chi connectivity index (χ0v) is 12.3. The third-order valence-electron chi connectivity index (χ3n) is 2.83. The van der Waals surface area contributed by atoms with Gasteiger partial charge in [0, 0.05) is 16.7 Å². The van der Waals surface area contributed by atoms with Crippen LogP contribution in [0.25, 0.3) is 0 Å². The lowest BCUT2D eigenvalue weighted by Gasteiger charge is -2.06. The van der Waals surface area contributed by atoms with Gasteiger partial charge in [0.05, 0.1) is 0 Å². The molecule has 0 bridgehead atoms. The van der Waals surface area contributed by atoms with Crippen molar-refractivity contribution >= 4 is 23.4 Å². The van der Waals surface area contributed by atoms with Crippen LogP contribution < -0.4 is 4.74 Å². The van der Waals surface area contributed by atoms with E-state index in [2.05, 4.69) is 0 Å². The van der Waals surface area contributed by atoms with Gasteiger partial charge < -0.3 is 9.84 Å². The Labute approximate surface area is 132 Å². The lowest BCUT2D eigenvalue weighted by molar-refractivity contribution is -0.131. The quantitative estimate of drug-likeness (QED) is 0.651. The smallest absolute Gasteiger partial charge is 0.328 e. The predicted octanol–water partition coefficient (Wildman–Crippen LogP) is 3.74. The van der Waals surface area contributed by atoms with E-state index in [0.717, 1.165) is 17.7 Å². The summed E-state index contributed by atoms with van der Waals surface area (Å²) in [5, 5.41) is 9.15. The molecule has 2 rings (SSSR count). The number of hydrogen-bond acceptors (Lipinski definition) is 3. The first kappa shape index (κ1) is 15.8. The van der Waals surface area contributed by atoms with E-state index < -0.39 is 5.97 Å². The minimum absolute atomic E-state index is 0.369. The molecule has 0 spiro atoms. The molecule has 1 N–H and O–H groups in total. The van der Waals surface area contributed by atoms with Crippen LogP contribution in [0.1, 0.15) is 15.9 Å². The summed E-state index contributed by atoms with van der Waals surface area (Å²) in [6.07, 6.45) is 1.83. The van der Waals surface area contributed by atoms with E-state index in [1.54, 1.807) is 36.4 Å². The molecule has 0 fully saturated rings. The maximum absolute atomic E-state index is 11.7. The molecule has 0 amide bonds. The molecule has 0 saturated carbocycles. The summed E-state index contributed by atoms with van der Waals surface area (Å²) in [6, 6.07) is 13.8. The van der Waals surface area contributed by atoms with Gasteiger partial charge in [-0.2, -0.15) is 0 Å². The molecule has 2 aromatic rings. The van der Waals surface area contributed by atoms with E-state index in [1.165, 1.54) is 0 Å². The van der Waals surface area contributed by atoms with Crippen LogP contribution in [0.5, 0.6) is 5.75 Å². The summed E-state index contributed by atoms with van der Waals surface area (Å²) in [4.78, 5) is 22.0. The van der Waals surface area contributed by atoms with Crippen molar-refractivity contribution in [2.75, 3.05) is 0 Å². The Morgan fingerprint density at radius 3 is 2.23 bits per heavy atom. The molecule has 0 saturated heterocycles. The third-order valence-corrected chi connectivity index (χ3v) is 3.09. The van der Waals surface area contributed by atoms with Crippen molar-refractivity contribution in [3.05, 3.63) is 76.8 Å². The fourth-order valence-electron chi connectivity index (χ4n) is 1.71. The fraction of sp³-hybridized carbons (Fsp3) is 0.0588. The summed E-state index contributed by atoms with van der Waals surface area (Å²) >= 11 is 5.81. The molecule has 0 aliphatic heterocycles. The highest BCUT2D eigenvalue weighted by Gasteiger charge is 2.03. The number of halogens is 1. The van der Waals surface area contributed by atoms with Crippen LogP contribution >= 0.6 is 11.6 Å². The lowest BCUT2D eigenvalue weighted by atomic mass is 10.1. The molecule has 0 unspecified atom stereocenters. The van der Waals surface area contributed by atoms with Gasteiger partial charge in [-0.25, -0.2) is 4.79 Å². The number of carbonyl (C=O) groups excluding carboxylic acids is 1. The standard InChI is InChI=1S/C17H13ClO4/c18-14-5-1-12(2-6-14)11-22-15-7-3-13(4-8-15)16(19)9-10-17(20)21/h1-10H,11H2,(H,20,21)/b10-9+. The van der Waals surface area contributed by atoms with Crippen molar-refractivity contribution in [2.45, 2.75) is 6.61 Å². The Bertz CT molecular complexity index is 688. The van der Waals surface area contributed by atoms with Crippen molar-refractivity contribution in [1.29, 1.82) is 0 Å². The Kier molecular flexibility index (Phi) is 5.33. The molecule has 112 valence electrons. The number of carboxylic acid groups (broad SMARTS) is 1. The number of carbonyl (C=O) groups is 2. The molecule has 0 aliphatic rings. The summed E-state index contributed by atoms with van der Waals surface area (Å²) in [7, 11) is 0. The first-order chi connectivity index (χ1) is 10.5. The molecule has 5 heteroatoms. The Morgan fingerprint density at radius 2 is 1.64 bits per heavy atom. The Balaban J connectivity index is 1.95. The van der Waals surface area contributed by atoms with E-state index in [9.17, 15) is 9.59 Å². The average Bonchev–Trinajstić information content (AvgIpc) is 2.52. The number of benzene rings is 2. The number of aliphatic carboxylic acids is 1. The van der Waals surface area contributed by atoms with E-state index in [-0.39, 0.29) is 5.78 Å². The van der Waals surface area contributed by atoms with E-state index in [0.29, 0.717) is 22.9 Å². The van der Waals surface area contributed by atoms with Crippen molar-refractivity contribution in [1.82, 2.24) is 0 Å². The maximum Gasteiger partial charge on any atom is 0.328 e. The highest BCUT2D eigenvalue weighted by molar-refractivity contribution is 6.30. The number of ketones is 1. The molecular weight excluding hydrogens is 304 g/mol. The lowest BCUT2D eigenvalue weighted by Crippen LogP contribution is -1.98. The van der Waals surface area contributed by atoms with E-state index >= 15 is 0 Å². The summed E-state index contributed by atoms with van der Waals surface area (Å²) in [6.45, 7) is 0.392. The van der Waals surface area contributed by atoms with Crippen LogP contribution in [0.3, 0.4) is 0 Å². The highest BCUT2D eigenvalue weighted by atomic mass is 35.5. The average molecular weight is 317 g/mol. The van der Waals surface area contributed by atoms with E-state index in [1.807, 2.05) is 12.1 Å². The van der Waals surface area contributed by atoms with Crippen molar-refractivity contribution in [3.63, 3.8) is 0 Å². The van der Waals surface area contributed by atoms with Crippen molar-refractivity contribution in [2.24, 2.45) is 0 Å². The van der Waals surface area contributed by atoms with Gasteiger partial charge in [0.2, 0.25) is 0 Å². The van der Waals surface area contributed by atoms with Crippen LogP contribution in [-0.4, -0.2) is 16.9 Å². The number of ether oxygens (including phenoxy) is 1. The Hall–Kier alpha value is -2.59. The number of allylic oxidation sites excluding steroid dienone is 1. The molecule has 0 heterocycles. The second kappa shape index (κ2) is 7.43. The summed E-state index contributed by atoms with van der Waals surface area (Å²) < 4.78 is 5.60. The minimum atomic E-state index is -1.16. The molecule has 0 aliphatic carbocycles. The zero-order chi connectivity index (χ0) is 15.9. The summed E-state index contributed by atoms with van der Waals surface area (Å²) in [5.74, 6) is -0.906. The van der Waals surface area contributed by atoms with Gasteiger partial charge in [-0.15, -0.1) is 0 Å². The van der Waals surface area contributed by atoms with Crippen molar-refractivity contribution in [3.8, 4) is 5.75 Å². The molecule has 4 nitrogen and oxygen atoms in total. The number of rotatable bonds is 6. The second-order valence-corrected chi connectivity index (χ2v) is 4.91. The predicted molar refractivity (Wildman–Crippen MR) is 83.3 cm³/mol. The monoisotopic (exact) mass is 316 g/mol. The topological polar surface area (TPSA) is 63.6 Å². The molecule has 0 radical (unpaired) electrons. The maximum atomic E-state index is 11.7.